The minimum atomic E-state index is -3.52. The lowest BCUT2D eigenvalue weighted by atomic mass is 9.98. The monoisotopic (exact) mass is 431 g/mol. The van der Waals surface area contributed by atoms with E-state index in [1.165, 1.54) is 12.1 Å². The standard InChI is InChI=1S/C22H26FN3O3S/c1-22(2,28)13-6-3-7-14(12-13)30(24,29)26-21(27)25-20-17-10-4-8-15(17)19(23)16-9-5-11-18(16)20/h3,6-7,12,28H,4-5,8-11H2,1-2H3,(H3,24,25,26,27,29)/t30-/m1/s1. The number of hydrogen-bond acceptors (Lipinski definition) is 3. The lowest BCUT2D eigenvalue weighted by molar-refractivity contribution is 0.0784. The molecule has 4 N–H and O–H groups in total. The van der Waals surface area contributed by atoms with Gasteiger partial charge < -0.3 is 10.4 Å². The number of rotatable bonds is 3. The van der Waals surface area contributed by atoms with Gasteiger partial charge in [0.25, 0.3) is 0 Å². The zero-order valence-electron chi connectivity index (χ0n) is 17.1. The van der Waals surface area contributed by atoms with Crippen LogP contribution in [0.2, 0.25) is 0 Å². The Balaban J connectivity index is 1.69. The van der Waals surface area contributed by atoms with Crippen LogP contribution in [0.3, 0.4) is 0 Å². The van der Waals surface area contributed by atoms with Crippen molar-refractivity contribution in [2.45, 2.75) is 62.9 Å². The van der Waals surface area contributed by atoms with E-state index in [1.807, 2.05) is 0 Å². The Labute approximate surface area is 176 Å². The molecule has 0 aromatic heterocycles. The molecular formula is C22H26FN3O3S. The first-order valence-electron chi connectivity index (χ1n) is 10.1. The van der Waals surface area contributed by atoms with E-state index >= 15 is 0 Å². The SMILES string of the molecule is CC(C)(O)c1cccc([S@](N)(=O)=NC(=O)Nc2c3c(c(F)c4c2CCC4)CCC3)c1. The highest BCUT2D eigenvalue weighted by molar-refractivity contribution is 7.91. The highest BCUT2D eigenvalue weighted by Crippen LogP contribution is 2.41. The van der Waals surface area contributed by atoms with Crippen molar-refractivity contribution in [2.75, 3.05) is 5.32 Å². The van der Waals surface area contributed by atoms with E-state index in [9.17, 15) is 18.5 Å². The Morgan fingerprint density at radius 1 is 1.13 bits per heavy atom. The molecule has 2 amide bonds. The summed E-state index contributed by atoms with van der Waals surface area (Å²) in [5.41, 5.74) is 2.99. The van der Waals surface area contributed by atoms with Crippen molar-refractivity contribution < 1.29 is 18.5 Å². The van der Waals surface area contributed by atoms with Crippen molar-refractivity contribution >= 4 is 21.6 Å². The number of fused-ring (bicyclic) bond motifs is 2. The minimum Gasteiger partial charge on any atom is -0.386 e. The molecule has 0 saturated heterocycles. The summed E-state index contributed by atoms with van der Waals surface area (Å²) in [6.45, 7) is 3.20. The van der Waals surface area contributed by atoms with E-state index in [1.54, 1.807) is 26.0 Å². The number of hydrogen-bond donors (Lipinski definition) is 3. The lowest BCUT2D eigenvalue weighted by Crippen LogP contribution is -2.21. The molecular weight excluding hydrogens is 405 g/mol. The van der Waals surface area contributed by atoms with Gasteiger partial charge in [-0.05, 0) is 92.3 Å². The van der Waals surface area contributed by atoms with Crippen molar-refractivity contribution in [3.63, 3.8) is 0 Å². The molecule has 0 saturated carbocycles. The molecule has 0 aliphatic heterocycles. The van der Waals surface area contributed by atoms with Crippen LogP contribution in [-0.2, 0) is 41.2 Å². The largest absolute Gasteiger partial charge is 0.386 e. The summed E-state index contributed by atoms with van der Waals surface area (Å²) in [5.74, 6) is -0.129. The van der Waals surface area contributed by atoms with E-state index < -0.39 is 21.5 Å². The van der Waals surface area contributed by atoms with Crippen LogP contribution in [0.5, 0.6) is 0 Å². The van der Waals surface area contributed by atoms with Gasteiger partial charge in [0.15, 0.2) is 0 Å². The number of carbonyl (C=O) groups is 1. The Bertz CT molecular complexity index is 1130. The van der Waals surface area contributed by atoms with E-state index in [2.05, 4.69) is 9.68 Å². The lowest BCUT2D eigenvalue weighted by Gasteiger charge is -2.19. The molecule has 0 heterocycles. The first-order valence-corrected chi connectivity index (χ1v) is 11.7. The number of benzene rings is 2. The summed E-state index contributed by atoms with van der Waals surface area (Å²) in [6.07, 6.45) is 4.39. The van der Waals surface area contributed by atoms with Gasteiger partial charge in [-0.3, -0.25) is 0 Å². The minimum absolute atomic E-state index is 0.129. The predicted molar refractivity (Wildman–Crippen MR) is 114 cm³/mol. The first-order chi connectivity index (χ1) is 14.1. The number of nitrogens with one attached hydrogen (secondary N) is 1. The van der Waals surface area contributed by atoms with Crippen LogP contribution in [0.15, 0.2) is 33.5 Å². The Hall–Kier alpha value is -2.29. The highest BCUT2D eigenvalue weighted by Gasteiger charge is 2.30. The quantitative estimate of drug-likeness (QED) is 0.685. The molecule has 0 bridgehead atoms. The van der Waals surface area contributed by atoms with Gasteiger partial charge in [-0.15, -0.1) is 4.36 Å². The number of nitrogens with zero attached hydrogens (tertiary/aromatic N) is 1. The molecule has 1 atom stereocenters. The molecule has 0 spiro atoms. The van der Waals surface area contributed by atoms with Gasteiger partial charge in [-0.2, -0.15) is 0 Å². The maximum atomic E-state index is 14.8. The second-order valence-electron chi connectivity index (χ2n) is 8.49. The molecule has 0 radical (unpaired) electrons. The normalized spacial score (nSPS) is 17.2. The molecule has 160 valence electrons. The number of aliphatic hydroxyl groups is 1. The molecule has 2 aromatic carbocycles. The van der Waals surface area contributed by atoms with Gasteiger partial charge in [-0.25, -0.2) is 18.5 Å². The van der Waals surface area contributed by atoms with Crippen LogP contribution >= 0.6 is 0 Å². The van der Waals surface area contributed by atoms with Crippen LogP contribution in [0.1, 0.15) is 54.5 Å². The summed E-state index contributed by atoms with van der Waals surface area (Å²) in [7, 11) is -3.52. The molecule has 8 heteroatoms. The molecule has 2 aliphatic carbocycles. The fraction of sp³-hybridized carbons (Fsp3) is 0.409. The molecule has 30 heavy (non-hydrogen) atoms. The fourth-order valence-electron chi connectivity index (χ4n) is 4.40. The number of halogens is 1. The number of carbonyl (C=O) groups excluding carboxylic acids is 1. The second kappa shape index (κ2) is 7.44. The molecule has 0 unspecified atom stereocenters. The van der Waals surface area contributed by atoms with Gasteiger partial charge in [0.2, 0.25) is 0 Å². The summed E-state index contributed by atoms with van der Waals surface area (Å²) in [4.78, 5) is 12.8. The summed E-state index contributed by atoms with van der Waals surface area (Å²) < 4.78 is 31.5. The number of nitrogens with two attached hydrogens (primary N) is 1. The number of anilines is 1. The summed E-state index contributed by atoms with van der Waals surface area (Å²) in [5, 5.41) is 18.9. The molecule has 6 nitrogen and oxygen atoms in total. The van der Waals surface area contributed by atoms with Crippen molar-refractivity contribution in [2.24, 2.45) is 9.50 Å². The van der Waals surface area contributed by atoms with Crippen molar-refractivity contribution in [3.05, 3.63) is 57.9 Å². The van der Waals surface area contributed by atoms with Gasteiger partial charge >= 0.3 is 6.03 Å². The number of amides is 2. The second-order valence-corrected chi connectivity index (χ2v) is 10.3. The third-order valence-electron chi connectivity index (χ3n) is 5.90. The Morgan fingerprint density at radius 3 is 2.27 bits per heavy atom. The summed E-state index contributed by atoms with van der Waals surface area (Å²) in [6, 6.07) is 5.49. The third-order valence-corrected chi connectivity index (χ3v) is 7.26. The van der Waals surface area contributed by atoms with E-state index in [-0.39, 0.29) is 10.7 Å². The molecule has 2 aliphatic rings. The number of urea groups is 1. The van der Waals surface area contributed by atoms with Crippen molar-refractivity contribution in [3.8, 4) is 0 Å². The highest BCUT2D eigenvalue weighted by atomic mass is 32.2. The smallest absolute Gasteiger partial charge is 0.354 e. The maximum Gasteiger partial charge on any atom is 0.354 e. The van der Waals surface area contributed by atoms with Crippen molar-refractivity contribution in [1.29, 1.82) is 0 Å². The van der Waals surface area contributed by atoms with Crippen LogP contribution in [0.25, 0.3) is 0 Å². The Morgan fingerprint density at radius 2 is 1.70 bits per heavy atom. The Kier molecular flexibility index (Phi) is 5.20. The zero-order chi connectivity index (χ0) is 21.7. The predicted octanol–water partition coefficient (Wildman–Crippen LogP) is 3.96. The van der Waals surface area contributed by atoms with E-state index in [4.69, 9.17) is 5.14 Å². The van der Waals surface area contributed by atoms with Crippen LogP contribution in [-0.4, -0.2) is 15.3 Å². The van der Waals surface area contributed by atoms with Crippen LogP contribution < -0.4 is 10.5 Å². The van der Waals surface area contributed by atoms with Crippen molar-refractivity contribution in [1.82, 2.24) is 0 Å². The zero-order valence-corrected chi connectivity index (χ0v) is 17.9. The third kappa shape index (κ3) is 3.75. The van der Waals surface area contributed by atoms with Crippen LogP contribution in [0.4, 0.5) is 14.9 Å². The molecule has 2 aromatic rings. The average Bonchev–Trinajstić information content (AvgIpc) is 3.34. The average molecular weight is 432 g/mol. The van der Waals surface area contributed by atoms with Crippen LogP contribution in [0, 0.1) is 5.82 Å². The summed E-state index contributed by atoms with van der Waals surface area (Å²) >= 11 is 0. The van der Waals surface area contributed by atoms with Gasteiger partial charge in [-0.1, -0.05) is 12.1 Å². The first kappa shape index (κ1) is 21.0. The fourth-order valence-corrected chi connectivity index (χ4v) is 5.37. The van der Waals surface area contributed by atoms with Gasteiger partial charge in [0, 0.05) is 5.69 Å². The van der Waals surface area contributed by atoms with Gasteiger partial charge in [0.05, 0.1) is 10.5 Å². The maximum absolute atomic E-state index is 14.8. The van der Waals surface area contributed by atoms with E-state index in [0.29, 0.717) is 48.1 Å². The van der Waals surface area contributed by atoms with E-state index in [0.717, 1.165) is 24.0 Å². The topological polar surface area (TPSA) is 105 Å². The molecule has 0 fully saturated rings. The molecule has 4 rings (SSSR count). The van der Waals surface area contributed by atoms with Gasteiger partial charge in [0.1, 0.15) is 15.7 Å².